The molecule has 0 radical (unpaired) electrons. The van der Waals surface area contributed by atoms with Crippen molar-refractivity contribution in [3.8, 4) is 0 Å². The zero-order chi connectivity index (χ0) is 16.2. The lowest BCUT2D eigenvalue weighted by Crippen LogP contribution is -2.07. The molecular weight excluding hydrogens is 330 g/mol. The van der Waals surface area contributed by atoms with Gasteiger partial charge in [-0.3, -0.25) is 4.79 Å². The standard InChI is InChI=1S/C18H16ClNO2S/c1-12-14-4-2-3-5-15(14)20-16(18(12)19)10-22-17(21)7-6-13-8-9-23-11-13/h2-5,8-9,11H,6-7,10H2,1H3. The van der Waals surface area contributed by atoms with Crippen molar-refractivity contribution in [3.63, 3.8) is 0 Å². The number of hydrogen-bond acceptors (Lipinski definition) is 4. The van der Waals surface area contributed by atoms with E-state index in [9.17, 15) is 4.79 Å². The third-order valence-corrected chi connectivity index (χ3v) is 4.95. The molecule has 3 nitrogen and oxygen atoms in total. The maximum absolute atomic E-state index is 11.9. The van der Waals surface area contributed by atoms with Gasteiger partial charge in [0.25, 0.3) is 0 Å². The van der Waals surface area contributed by atoms with E-state index in [1.165, 1.54) is 0 Å². The van der Waals surface area contributed by atoms with Gasteiger partial charge in [0, 0.05) is 11.8 Å². The van der Waals surface area contributed by atoms with Crippen LogP contribution in [0.25, 0.3) is 10.9 Å². The number of nitrogens with zero attached hydrogens (tertiary/aromatic N) is 1. The summed E-state index contributed by atoms with van der Waals surface area (Å²) >= 11 is 7.99. The summed E-state index contributed by atoms with van der Waals surface area (Å²) in [4.78, 5) is 16.4. The Labute approximate surface area is 143 Å². The van der Waals surface area contributed by atoms with Crippen molar-refractivity contribution < 1.29 is 9.53 Å². The molecule has 1 aromatic carbocycles. The molecule has 0 aliphatic carbocycles. The number of para-hydroxylation sites is 1. The van der Waals surface area contributed by atoms with Crippen molar-refractivity contribution >= 4 is 39.8 Å². The van der Waals surface area contributed by atoms with Gasteiger partial charge >= 0.3 is 5.97 Å². The second kappa shape index (κ2) is 7.11. The van der Waals surface area contributed by atoms with E-state index < -0.39 is 0 Å². The Morgan fingerprint density at radius 3 is 2.91 bits per heavy atom. The molecule has 5 heteroatoms. The summed E-state index contributed by atoms with van der Waals surface area (Å²) in [5, 5.41) is 5.63. The van der Waals surface area contributed by atoms with E-state index in [1.807, 2.05) is 48.0 Å². The maximum atomic E-state index is 11.9. The number of carbonyl (C=O) groups is 1. The Morgan fingerprint density at radius 1 is 1.30 bits per heavy atom. The summed E-state index contributed by atoms with van der Waals surface area (Å²) in [5.41, 5.74) is 3.58. The van der Waals surface area contributed by atoms with Crippen LogP contribution in [0.3, 0.4) is 0 Å². The van der Waals surface area contributed by atoms with Crippen LogP contribution in [0.1, 0.15) is 23.2 Å². The lowest BCUT2D eigenvalue weighted by molar-refractivity contribution is -0.145. The van der Waals surface area contributed by atoms with Crippen LogP contribution >= 0.6 is 22.9 Å². The number of pyridine rings is 1. The Kier molecular flexibility index (Phi) is 4.94. The Hall–Kier alpha value is -1.91. The highest BCUT2D eigenvalue weighted by atomic mass is 35.5. The van der Waals surface area contributed by atoms with Gasteiger partial charge in [-0.2, -0.15) is 11.3 Å². The Balaban J connectivity index is 1.67. The normalized spacial score (nSPS) is 10.9. The van der Waals surface area contributed by atoms with Crippen LogP contribution in [0, 0.1) is 6.92 Å². The van der Waals surface area contributed by atoms with E-state index >= 15 is 0 Å². The van der Waals surface area contributed by atoms with Crippen molar-refractivity contribution in [2.24, 2.45) is 0 Å². The molecular formula is C18H16ClNO2S. The first-order valence-electron chi connectivity index (χ1n) is 7.35. The molecule has 2 heterocycles. The first-order valence-corrected chi connectivity index (χ1v) is 8.67. The fourth-order valence-corrected chi connectivity index (χ4v) is 3.32. The number of aryl methyl sites for hydroxylation is 2. The van der Waals surface area contributed by atoms with E-state index in [0.29, 0.717) is 23.6 Å². The summed E-state index contributed by atoms with van der Waals surface area (Å²) < 4.78 is 5.33. The van der Waals surface area contributed by atoms with Gasteiger partial charge in [0.15, 0.2) is 0 Å². The maximum Gasteiger partial charge on any atom is 0.306 e. The molecule has 0 unspecified atom stereocenters. The number of halogens is 1. The Morgan fingerprint density at radius 2 is 2.13 bits per heavy atom. The monoisotopic (exact) mass is 345 g/mol. The van der Waals surface area contributed by atoms with Gasteiger partial charge in [-0.25, -0.2) is 4.98 Å². The minimum Gasteiger partial charge on any atom is -0.459 e. The molecule has 0 N–H and O–H groups in total. The predicted octanol–water partition coefficient (Wildman–Crippen LogP) is 4.93. The lowest BCUT2D eigenvalue weighted by atomic mass is 10.1. The minimum absolute atomic E-state index is 0.104. The second-order valence-electron chi connectivity index (χ2n) is 5.31. The number of hydrogen-bond donors (Lipinski definition) is 0. The minimum atomic E-state index is -0.236. The SMILES string of the molecule is Cc1c(Cl)c(COC(=O)CCc2ccsc2)nc2ccccc12. The fourth-order valence-electron chi connectivity index (χ4n) is 2.42. The molecule has 0 saturated carbocycles. The van der Waals surface area contributed by atoms with Crippen molar-refractivity contribution in [2.75, 3.05) is 0 Å². The summed E-state index contributed by atoms with van der Waals surface area (Å²) in [7, 11) is 0. The fraction of sp³-hybridized carbons (Fsp3) is 0.222. The van der Waals surface area contributed by atoms with Crippen LogP contribution in [0.15, 0.2) is 41.1 Å². The number of aromatic nitrogens is 1. The number of ether oxygens (including phenoxy) is 1. The average Bonchev–Trinajstić information content (AvgIpc) is 3.08. The van der Waals surface area contributed by atoms with E-state index in [4.69, 9.17) is 16.3 Å². The highest BCUT2D eigenvalue weighted by Crippen LogP contribution is 2.27. The van der Waals surface area contributed by atoms with Crippen LogP contribution in [0.2, 0.25) is 5.02 Å². The zero-order valence-electron chi connectivity index (χ0n) is 12.7. The number of carbonyl (C=O) groups excluding carboxylic acids is 1. The van der Waals surface area contributed by atoms with Gasteiger partial charge in [0.2, 0.25) is 0 Å². The molecule has 3 aromatic rings. The van der Waals surface area contributed by atoms with E-state index in [1.54, 1.807) is 11.3 Å². The molecule has 0 aliphatic rings. The van der Waals surface area contributed by atoms with Gasteiger partial charge in [0.05, 0.1) is 16.2 Å². The zero-order valence-corrected chi connectivity index (χ0v) is 14.3. The van der Waals surface area contributed by atoms with Crippen LogP contribution in [-0.2, 0) is 22.6 Å². The van der Waals surface area contributed by atoms with E-state index in [0.717, 1.165) is 22.0 Å². The van der Waals surface area contributed by atoms with Crippen LogP contribution in [-0.4, -0.2) is 11.0 Å². The first-order chi connectivity index (χ1) is 11.1. The average molecular weight is 346 g/mol. The molecule has 3 rings (SSSR count). The number of thiophene rings is 1. The number of esters is 1. The quantitative estimate of drug-likeness (QED) is 0.615. The molecule has 0 fully saturated rings. The molecule has 23 heavy (non-hydrogen) atoms. The molecule has 0 aliphatic heterocycles. The topological polar surface area (TPSA) is 39.2 Å². The van der Waals surface area contributed by atoms with Gasteiger partial charge in [0.1, 0.15) is 6.61 Å². The predicted molar refractivity (Wildman–Crippen MR) is 93.9 cm³/mol. The van der Waals surface area contributed by atoms with Crippen molar-refractivity contribution in [2.45, 2.75) is 26.4 Å². The first kappa shape index (κ1) is 16.0. The third-order valence-electron chi connectivity index (χ3n) is 3.71. The summed E-state index contributed by atoms with van der Waals surface area (Å²) in [6.07, 6.45) is 1.06. The van der Waals surface area contributed by atoms with E-state index in [-0.39, 0.29) is 12.6 Å². The summed E-state index contributed by atoms with van der Waals surface area (Å²) in [6.45, 7) is 2.06. The van der Waals surface area contributed by atoms with Gasteiger partial charge in [-0.05, 0) is 47.4 Å². The van der Waals surface area contributed by atoms with Crippen LogP contribution in [0.4, 0.5) is 0 Å². The largest absolute Gasteiger partial charge is 0.459 e. The number of benzene rings is 1. The van der Waals surface area contributed by atoms with Gasteiger partial charge < -0.3 is 4.74 Å². The van der Waals surface area contributed by atoms with E-state index in [2.05, 4.69) is 4.98 Å². The van der Waals surface area contributed by atoms with Crippen molar-refractivity contribution in [3.05, 3.63) is 62.9 Å². The van der Waals surface area contributed by atoms with Gasteiger partial charge in [-0.15, -0.1) is 0 Å². The number of fused-ring (bicyclic) bond motifs is 1. The molecule has 0 saturated heterocycles. The number of rotatable bonds is 5. The summed E-state index contributed by atoms with van der Waals surface area (Å²) in [5.74, 6) is -0.236. The highest BCUT2D eigenvalue weighted by Gasteiger charge is 2.12. The van der Waals surface area contributed by atoms with Crippen LogP contribution in [0.5, 0.6) is 0 Å². The molecule has 2 aromatic heterocycles. The molecule has 0 amide bonds. The molecule has 0 spiro atoms. The van der Waals surface area contributed by atoms with Gasteiger partial charge in [-0.1, -0.05) is 29.8 Å². The lowest BCUT2D eigenvalue weighted by Gasteiger charge is -2.10. The second-order valence-corrected chi connectivity index (χ2v) is 6.46. The highest BCUT2D eigenvalue weighted by molar-refractivity contribution is 7.07. The molecule has 0 atom stereocenters. The smallest absolute Gasteiger partial charge is 0.306 e. The molecule has 118 valence electrons. The summed E-state index contributed by atoms with van der Waals surface area (Å²) in [6, 6.07) is 9.82. The van der Waals surface area contributed by atoms with Crippen molar-refractivity contribution in [1.29, 1.82) is 0 Å². The van der Waals surface area contributed by atoms with Crippen molar-refractivity contribution in [1.82, 2.24) is 4.98 Å². The van der Waals surface area contributed by atoms with Crippen LogP contribution < -0.4 is 0 Å². The molecule has 0 bridgehead atoms. The third kappa shape index (κ3) is 3.71. The Bertz CT molecular complexity index is 830.